The third kappa shape index (κ3) is 5.32. The number of rotatable bonds is 5. The second-order valence-electron chi connectivity index (χ2n) is 8.11. The number of likely N-dealkylation sites (N-methyl/N-ethyl adjacent to an activating group) is 1. The topological polar surface area (TPSA) is 43.9 Å². The minimum absolute atomic E-state index is 0.152. The van der Waals surface area contributed by atoms with Crippen LogP contribution >= 0.6 is 0 Å². The SMILES string of the molecule is Cc1ccccc1CN(C)C(=O)CN1CCC(C(=O)N2CCCCC2)CC1. The number of hydrogen-bond acceptors (Lipinski definition) is 3. The number of nitrogens with zero attached hydrogens (tertiary/aromatic N) is 3. The summed E-state index contributed by atoms with van der Waals surface area (Å²) in [5, 5.41) is 0. The lowest BCUT2D eigenvalue weighted by Gasteiger charge is -2.35. The Kier molecular flexibility index (Phi) is 6.89. The van der Waals surface area contributed by atoms with E-state index in [1.54, 1.807) is 0 Å². The molecule has 2 aliphatic heterocycles. The van der Waals surface area contributed by atoms with Crippen LogP contribution in [0.4, 0.5) is 0 Å². The third-order valence-corrected chi connectivity index (χ3v) is 6.06. The summed E-state index contributed by atoms with van der Waals surface area (Å²) in [5.41, 5.74) is 2.41. The first-order chi connectivity index (χ1) is 13.0. The Morgan fingerprint density at radius 1 is 1.04 bits per heavy atom. The Labute approximate surface area is 163 Å². The highest BCUT2D eigenvalue weighted by molar-refractivity contribution is 5.79. The van der Waals surface area contributed by atoms with Gasteiger partial charge in [0.15, 0.2) is 0 Å². The van der Waals surface area contributed by atoms with Gasteiger partial charge >= 0.3 is 0 Å². The van der Waals surface area contributed by atoms with Crippen LogP contribution in [0.3, 0.4) is 0 Å². The van der Waals surface area contributed by atoms with E-state index in [9.17, 15) is 9.59 Å². The van der Waals surface area contributed by atoms with Crippen molar-refractivity contribution < 1.29 is 9.59 Å². The number of piperidine rings is 2. The Balaban J connectivity index is 1.43. The number of carbonyl (C=O) groups is 2. The molecule has 0 radical (unpaired) electrons. The van der Waals surface area contributed by atoms with E-state index in [-0.39, 0.29) is 11.8 Å². The van der Waals surface area contributed by atoms with E-state index in [4.69, 9.17) is 0 Å². The molecule has 1 aromatic rings. The third-order valence-electron chi connectivity index (χ3n) is 6.06. The van der Waals surface area contributed by atoms with Crippen LogP contribution in [0, 0.1) is 12.8 Å². The summed E-state index contributed by atoms with van der Waals surface area (Å²) in [6, 6.07) is 8.20. The zero-order valence-electron chi connectivity index (χ0n) is 16.8. The maximum absolute atomic E-state index is 12.7. The molecule has 27 heavy (non-hydrogen) atoms. The zero-order chi connectivity index (χ0) is 19.2. The first-order valence-corrected chi connectivity index (χ1v) is 10.3. The molecule has 5 heteroatoms. The molecule has 2 aliphatic rings. The molecule has 0 spiro atoms. The second kappa shape index (κ2) is 9.36. The molecule has 148 valence electrons. The lowest BCUT2D eigenvalue weighted by molar-refractivity contribution is -0.138. The minimum Gasteiger partial charge on any atom is -0.342 e. The van der Waals surface area contributed by atoms with Crippen molar-refractivity contribution in [3.63, 3.8) is 0 Å². The van der Waals surface area contributed by atoms with Crippen molar-refractivity contribution in [3.8, 4) is 0 Å². The van der Waals surface area contributed by atoms with Crippen molar-refractivity contribution in [2.45, 2.75) is 45.6 Å². The second-order valence-corrected chi connectivity index (χ2v) is 8.11. The van der Waals surface area contributed by atoms with Crippen molar-refractivity contribution in [3.05, 3.63) is 35.4 Å². The molecule has 2 saturated heterocycles. The van der Waals surface area contributed by atoms with Crippen molar-refractivity contribution >= 4 is 11.8 Å². The summed E-state index contributed by atoms with van der Waals surface area (Å²) in [6.07, 6.45) is 5.30. The number of hydrogen-bond donors (Lipinski definition) is 0. The van der Waals surface area contributed by atoms with Crippen LogP contribution in [0.5, 0.6) is 0 Å². The highest BCUT2D eigenvalue weighted by Crippen LogP contribution is 2.22. The van der Waals surface area contributed by atoms with Gasteiger partial charge in [-0.2, -0.15) is 0 Å². The summed E-state index contributed by atoms with van der Waals surface area (Å²) in [5.74, 6) is 0.649. The monoisotopic (exact) mass is 371 g/mol. The lowest BCUT2D eigenvalue weighted by atomic mass is 9.94. The van der Waals surface area contributed by atoms with E-state index in [0.29, 0.717) is 19.0 Å². The highest BCUT2D eigenvalue weighted by Gasteiger charge is 2.30. The normalized spacial score (nSPS) is 19.1. The maximum Gasteiger partial charge on any atom is 0.236 e. The first-order valence-electron chi connectivity index (χ1n) is 10.3. The van der Waals surface area contributed by atoms with Crippen molar-refractivity contribution in [2.24, 2.45) is 5.92 Å². The number of benzene rings is 1. The number of likely N-dealkylation sites (tertiary alicyclic amines) is 2. The van der Waals surface area contributed by atoms with Gasteiger partial charge in [0.1, 0.15) is 0 Å². The van der Waals surface area contributed by atoms with Gasteiger partial charge < -0.3 is 9.80 Å². The molecule has 2 amide bonds. The first kappa shape index (κ1) is 19.9. The molecule has 2 heterocycles. The Hall–Kier alpha value is -1.88. The highest BCUT2D eigenvalue weighted by atomic mass is 16.2. The van der Waals surface area contributed by atoms with Crippen LogP contribution < -0.4 is 0 Å². The van der Waals surface area contributed by atoms with Gasteiger partial charge in [-0.15, -0.1) is 0 Å². The number of aryl methyl sites for hydroxylation is 1. The summed E-state index contributed by atoms with van der Waals surface area (Å²) in [7, 11) is 1.88. The summed E-state index contributed by atoms with van der Waals surface area (Å²) < 4.78 is 0. The largest absolute Gasteiger partial charge is 0.342 e. The van der Waals surface area contributed by atoms with Crippen LogP contribution in [0.15, 0.2) is 24.3 Å². The fourth-order valence-electron chi connectivity index (χ4n) is 4.15. The molecule has 5 nitrogen and oxygen atoms in total. The van der Waals surface area contributed by atoms with E-state index in [2.05, 4.69) is 28.9 Å². The summed E-state index contributed by atoms with van der Waals surface area (Å²) >= 11 is 0. The van der Waals surface area contributed by atoms with Crippen molar-refractivity contribution in [1.82, 2.24) is 14.7 Å². The van der Waals surface area contributed by atoms with Gasteiger partial charge in [0.05, 0.1) is 6.54 Å². The van der Waals surface area contributed by atoms with E-state index in [1.807, 2.05) is 24.1 Å². The predicted octanol–water partition coefficient (Wildman–Crippen LogP) is 2.68. The average molecular weight is 372 g/mol. The average Bonchev–Trinajstić information content (AvgIpc) is 2.70. The predicted molar refractivity (Wildman–Crippen MR) is 107 cm³/mol. The van der Waals surface area contributed by atoms with Crippen LogP contribution in [0.2, 0.25) is 0 Å². The van der Waals surface area contributed by atoms with E-state index < -0.39 is 0 Å². The molecule has 0 unspecified atom stereocenters. The molecular formula is C22H33N3O2. The van der Waals surface area contributed by atoms with E-state index >= 15 is 0 Å². The van der Waals surface area contributed by atoms with Gasteiger partial charge in [0.2, 0.25) is 11.8 Å². The van der Waals surface area contributed by atoms with Crippen molar-refractivity contribution in [1.29, 1.82) is 0 Å². The zero-order valence-corrected chi connectivity index (χ0v) is 16.8. The molecule has 0 bridgehead atoms. The van der Waals surface area contributed by atoms with Crippen LogP contribution in [0.1, 0.15) is 43.2 Å². The van der Waals surface area contributed by atoms with Gasteiger partial charge in [-0.3, -0.25) is 14.5 Å². The molecule has 0 atom stereocenters. The molecule has 0 saturated carbocycles. The van der Waals surface area contributed by atoms with Gasteiger partial charge in [0.25, 0.3) is 0 Å². The van der Waals surface area contributed by atoms with Crippen molar-refractivity contribution in [2.75, 3.05) is 39.8 Å². The Bertz CT molecular complexity index is 647. The molecule has 1 aromatic carbocycles. The van der Waals surface area contributed by atoms with Crippen LogP contribution in [-0.4, -0.2) is 66.3 Å². The molecule has 0 aliphatic carbocycles. The molecule has 3 rings (SSSR count). The molecule has 0 N–H and O–H groups in total. The van der Waals surface area contributed by atoms with Gasteiger partial charge in [0, 0.05) is 32.6 Å². The van der Waals surface area contributed by atoms with Crippen LogP contribution in [-0.2, 0) is 16.1 Å². The standard InChI is InChI=1S/C22H33N3O2/c1-18-8-4-5-9-20(18)16-23(2)21(26)17-24-14-10-19(11-15-24)22(27)25-12-6-3-7-13-25/h4-5,8-9,19H,3,6-7,10-17H2,1-2H3. The molecule has 0 aromatic heterocycles. The van der Waals surface area contributed by atoms with Gasteiger partial charge in [-0.1, -0.05) is 24.3 Å². The smallest absolute Gasteiger partial charge is 0.236 e. The number of amides is 2. The summed E-state index contributed by atoms with van der Waals surface area (Å²) in [6.45, 7) is 6.73. The minimum atomic E-state index is 0.152. The molecular weight excluding hydrogens is 338 g/mol. The van der Waals surface area contributed by atoms with Crippen LogP contribution in [0.25, 0.3) is 0 Å². The lowest BCUT2D eigenvalue weighted by Crippen LogP contribution is -2.46. The van der Waals surface area contributed by atoms with Gasteiger partial charge in [-0.05, 0) is 63.2 Å². The summed E-state index contributed by atoms with van der Waals surface area (Å²) in [4.78, 5) is 31.3. The van der Waals surface area contributed by atoms with E-state index in [1.165, 1.54) is 17.5 Å². The Morgan fingerprint density at radius 2 is 1.70 bits per heavy atom. The quantitative estimate of drug-likeness (QED) is 0.799. The Morgan fingerprint density at radius 3 is 2.37 bits per heavy atom. The molecule has 2 fully saturated rings. The van der Waals surface area contributed by atoms with E-state index in [0.717, 1.165) is 51.9 Å². The fraction of sp³-hybridized carbons (Fsp3) is 0.636. The van der Waals surface area contributed by atoms with Gasteiger partial charge in [-0.25, -0.2) is 0 Å². The fourth-order valence-corrected chi connectivity index (χ4v) is 4.15. The number of carbonyl (C=O) groups excluding carboxylic acids is 2. The maximum atomic E-state index is 12.7.